The zero-order valence-electron chi connectivity index (χ0n) is 8.83. The maximum absolute atomic E-state index is 10.8. The Hall–Kier alpha value is -0.800. The predicted molar refractivity (Wildman–Crippen MR) is 56.4 cm³/mol. The number of carboxylic acid groups (broad SMARTS) is 1. The second kappa shape index (κ2) is 4.62. The maximum atomic E-state index is 10.8. The predicted octanol–water partition coefficient (Wildman–Crippen LogP) is 1.70. The second-order valence-corrected chi connectivity index (χ2v) is 5.99. The van der Waals surface area contributed by atoms with Crippen molar-refractivity contribution < 1.29 is 14.7 Å². The van der Waals surface area contributed by atoms with Gasteiger partial charge in [-0.25, -0.2) is 9.59 Å². The van der Waals surface area contributed by atoms with E-state index in [1.54, 1.807) is 0 Å². The Morgan fingerprint density at radius 3 is 2.21 bits per heavy atom. The summed E-state index contributed by atoms with van der Waals surface area (Å²) >= 11 is 1.46. The largest absolute Gasteiger partial charge is 0.479 e. The van der Waals surface area contributed by atoms with Gasteiger partial charge in [-0.05, 0) is 6.92 Å². The van der Waals surface area contributed by atoms with Crippen LogP contribution in [0.15, 0.2) is 4.99 Å². The van der Waals surface area contributed by atoms with Gasteiger partial charge in [-0.1, -0.05) is 20.8 Å². The van der Waals surface area contributed by atoms with Crippen molar-refractivity contribution in [3.05, 3.63) is 0 Å². The lowest BCUT2D eigenvalue weighted by atomic mass is 10.1. The van der Waals surface area contributed by atoms with E-state index in [1.165, 1.54) is 24.8 Å². The van der Waals surface area contributed by atoms with Gasteiger partial charge in [-0.3, -0.25) is 0 Å². The second-order valence-electron chi connectivity index (χ2n) is 4.18. The van der Waals surface area contributed by atoms with E-state index in [4.69, 9.17) is 5.11 Å². The molecule has 0 aromatic heterocycles. The van der Waals surface area contributed by atoms with Crippen LogP contribution in [0.25, 0.3) is 0 Å². The Labute approximate surface area is 87.8 Å². The highest BCUT2D eigenvalue weighted by Gasteiger charge is 2.34. The smallest absolute Gasteiger partial charge is 0.333 e. The van der Waals surface area contributed by atoms with Gasteiger partial charge in [-0.2, -0.15) is 16.8 Å². The SMILES string of the molecule is CC(C)(C)SC[C@@](C)(N=C=O)C(=O)O. The Morgan fingerprint density at radius 2 is 1.93 bits per heavy atom. The number of nitrogens with zero attached hydrogens (tertiary/aromatic N) is 1. The van der Waals surface area contributed by atoms with Crippen LogP contribution in [-0.4, -0.2) is 33.2 Å². The van der Waals surface area contributed by atoms with Gasteiger partial charge in [-0.15, -0.1) is 0 Å². The number of hydrogen-bond acceptors (Lipinski definition) is 4. The van der Waals surface area contributed by atoms with Gasteiger partial charge >= 0.3 is 5.97 Å². The fourth-order valence-corrected chi connectivity index (χ4v) is 1.50. The van der Waals surface area contributed by atoms with Crippen molar-refractivity contribution in [1.29, 1.82) is 0 Å². The quantitative estimate of drug-likeness (QED) is 0.575. The summed E-state index contributed by atoms with van der Waals surface area (Å²) in [6.07, 6.45) is 1.31. The minimum atomic E-state index is -1.36. The molecule has 1 atom stereocenters. The molecule has 0 saturated heterocycles. The molecule has 0 aromatic rings. The van der Waals surface area contributed by atoms with E-state index in [0.717, 1.165) is 0 Å². The zero-order chi connectivity index (χ0) is 11.4. The van der Waals surface area contributed by atoms with Crippen LogP contribution in [0, 0.1) is 0 Å². The summed E-state index contributed by atoms with van der Waals surface area (Å²) in [6.45, 7) is 7.35. The van der Waals surface area contributed by atoms with Gasteiger partial charge in [0, 0.05) is 10.5 Å². The van der Waals surface area contributed by atoms with Gasteiger partial charge in [0.05, 0.1) is 0 Å². The highest BCUT2D eigenvalue weighted by Crippen LogP contribution is 2.28. The summed E-state index contributed by atoms with van der Waals surface area (Å²) in [6, 6.07) is 0. The molecule has 0 spiro atoms. The van der Waals surface area contributed by atoms with Crippen LogP contribution in [0.2, 0.25) is 0 Å². The highest BCUT2D eigenvalue weighted by atomic mass is 32.2. The fourth-order valence-electron chi connectivity index (χ4n) is 0.600. The molecule has 80 valence electrons. The zero-order valence-corrected chi connectivity index (χ0v) is 9.64. The lowest BCUT2D eigenvalue weighted by Crippen LogP contribution is -2.37. The summed E-state index contributed by atoms with van der Waals surface area (Å²) < 4.78 is -0.0465. The van der Waals surface area contributed by atoms with Crippen molar-refractivity contribution in [2.24, 2.45) is 4.99 Å². The number of aliphatic imine (C=N–C) groups is 1. The molecule has 0 heterocycles. The van der Waals surface area contributed by atoms with Crippen molar-refractivity contribution in [2.75, 3.05) is 5.75 Å². The lowest BCUT2D eigenvalue weighted by molar-refractivity contribution is -0.141. The minimum absolute atomic E-state index is 0.0465. The minimum Gasteiger partial charge on any atom is -0.479 e. The number of aliphatic carboxylic acids is 1. The van der Waals surface area contributed by atoms with Crippen molar-refractivity contribution in [2.45, 2.75) is 38.0 Å². The van der Waals surface area contributed by atoms with E-state index in [-0.39, 0.29) is 10.5 Å². The van der Waals surface area contributed by atoms with Crippen LogP contribution in [0.4, 0.5) is 0 Å². The molecule has 0 saturated carbocycles. The lowest BCUT2D eigenvalue weighted by Gasteiger charge is -2.23. The van der Waals surface area contributed by atoms with Crippen LogP contribution < -0.4 is 0 Å². The molecule has 5 heteroatoms. The van der Waals surface area contributed by atoms with Gasteiger partial charge in [0.25, 0.3) is 0 Å². The molecule has 0 radical (unpaired) electrons. The third-order valence-corrected chi connectivity index (χ3v) is 3.11. The molecule has 1 N–H and O–H groups in total. The Balaban J connectivity index is 4.55. The van der Waals surface area contributed by atoms with E-state index in [0.29, 0.717) is 0 Å². The van der Waals surface area contributed by atoms with Crippen LogP contribution in [0.5, 0.6) is 0 Å². The number of rotatable bonds is 4. The Kier molecular flexibility index (Phi) is 4.36. The normalized spacial score (nSPS) is 15.4. The topological polar surface area (TPSA) is 66.7 Å². The van der Waals surface area contributed by atoms with E-state index >= 15 is 0 Å². The highest BCUT2D eigenvalue weighted by molar-refractivity contribution is 8.00. The van der Waals surface area contributed by atoms with Gasteiger partial charge in [0.1, 0.15) is 0 Å². The number of carboxylic acids is 1. The number of hydrogen-bond donors (Lipinski definition) is 1. The number of isocyanates is 1. The summed E-state index contributed by atoms with van der Waals surface area (Å²) in [5.74, 6) is -0.834. The molecule has 0 aliphatic rings. The fraction of sp³-hybridized carbons (Fsp3) is 0.778. The molecule has 0 aromatic carbocycles. The van der Waals surface area contributed by atoms with Crippen molar-refractivity contribution in [3.63, 3.8) is 0 Å². The summed E-state index contributed by atoms with van der Waals surface area (Å²) in [5.41, 5.74) is -1.36. The van der Waals surface area contributed by atoms with Crippen LogP contribution >= 0.6 is 11.8 Å². The molecule has 0 aliphatic heterocycles. The third-order valence-electron chi connectivity index (χ3n) is 1.54. The van der Waals surface area contributed by atoms with Crippen molar-refractivity contribution >= 4 is 23.8 Å². The summed E-state index contributed by atoms with van der Waals surface area (Å²) in [7, 11) is 0. The standard InChI is InChI=1S/C9H15NO3S/c1-8(2,3)14-5-9(4,7(12)13)10-6-11/h5H2,1-4H3,(H,12,13)/t9-/m1/s1. The number of thioether (sulfide) groups is 1. The van der Waals surface area contributed by atoms with Gasteiger partial charge in [0.15, 0.2) is 5.54 Å². The first-order valence-electron chi connectivity index (χ1n) is 4.18. The van der Waals surface area contributed by atoms with Gasteiger partial charge in [0.2, 0.25) is 6.08 Å². The molecule has 0 bridgehead atoms. The van der Waals surface area contributed by atoms with E-state index in [2.05, 4.69) is 4.99 Å². The summed E-state index contributed by atoms with van der Waals surface area (Å²) in [5, 5.41) is 8.87. The molecule has 0 unspecified atom stereocenters. The van der Waals surface area contributed by atoms with E-state index < -0.39 is 11.5 Å². The van der Waals surface area contributed by atoms with Crippen molar-refractivity contribution in [3.8, 4) is 0 Å². The maximum Gasteiger partial charge on any atom is 0.333 e. The number of carbonyl (C=O) groups excluding carboxylic acids is 1. The Morgan fingerprint density at radius 1 is 1.43 bits per heavy atom. The monoisotopic (exact) mass is 217 g/mol. The van der Waals surface area contributed by atoms with Crippen LogP contribution in [-0.2, 0) is 9.59 Å². The van der Waals surface area contributed by atoms with Crippen molar-refractivity contribution in [1.82, 2.24) is 0 Å². The van der Waals surface area contributed by atoms with E-state index in [1.807, 2.05) is 20.8 Å². The molecular weight excluding hydrogens is 202 g/mol. The van der Waals surface area contributed by atoms with E-state index in [9.17, 15) is 9.59 Å². The first kappa shape index (κ1) is 13.2. The molecular formula is C9H15NO3S. The molecule has 4 nitrogen and oxygen atoms in total. The third kappa shape index (κ3) is 4.44. The Bertz CT molecular complexity index is 262. The molecule has 0 amide bonds. The molecule has 0 fully saturated rings. The summed E-state index contributed by atoms with van der Waals surface area (Å²) in [4.78, 5) is 24.3. The first-order valence-corrected chi connectivity index (χ1v) is 5.16. The molecule has 0 rings (SSSR count). The van der Waals surface area contributed by atoms with Gasteiger partial charge < -0.3 is 5.11 Å². The first-order chi connectivity index (χ1) is 6.21. The molecule has 14 heavy (non-hydrogen) atoms. The average Bonchev–Trinajstić information content (AvgIpc) is 2.00. The molecule has 0 aliphatic carbocycles. The number of carbonyl (C=O) groups is 1. The average molecular weight is 217 g/mol. The van der Waals surface area contributed by atoms with Crippen LogP contribution in [0.1, 0.15) is 27.7 Å². The van der Waals surface area contributed by atoms with Crippen LogP contribution in [0.3, 0.4) is 0 Å².